The summed E-state index contributed by atoms with van der Waals surface area (Å²) >= 11 is 0. The second-order valence-electron chi connectivity index (χ2n) is 22.7. The quantitative estimate of drug-likeness (QED) is 0.0446. The van der Waals surface area contributed by atoms with Crippen molar-refractivity contribution in [3.05, 3.63) is 0 Å². The van der Waals surface area contributed by atoms with E-state index in [0.29, 0.717) is 19.1 Å². The van der Waals surface area contributed by atoms with Crippen molar-refractivity contribution in [2.24, 2.45) is 17.8 Å². The van der Waals surface area contributed by atoms with Gasteiger partial charge in [0.05, 0.1) is 25.0 Å². The van der Waals surface area contributed by atoms with E-state index in [1.807, 2.05) is 0 Å². The molecule has 0 unspecified atom stereocenters. The summed E-state index contributed by atoms with van der Waals surface area (Å²) in [6.45, 7) is 17.9. The molecule has 1 saturated heterocycles. The van der Waals surface area contributed by atoms with Crippen LogP contribution in [0.2, 0.25) is 0 Å². The highest BCUT2D eigenvalue weighted by Crippen LogP contribution is 2.25. The summed E-state index contributed by atoms with van der Waals surface area (Å²) in [7, 11) is 0. The minimum atomic E-state index is 0.0607. The lowest BCUT2D eigenvalue weighted by Gasteiger charge is -2.29. The van der Waals surface area contributed by atoms with Crippen LogP contribution in [-0.4, -0.2) is 73.6 Å². The second kappa shape index (κ2) is 51.8. The standard InChI is InChI=1S/C64H124N2O5/c1-6-11-16-21-26-31-40-55-66(56-45-54-65-52-41-42-53-65)62(67)59(46-38-29-24-22-27-32-43-57-70-63(68)60(48-34-17-12-7-2)49-35-18-13-8-3)47-39-30-25-23-28-33-44-58-71-64(69)61(50-36-19-14-9-4)51-37-20-15-10-5/h59-61H,6-58H2,1-5H3. The molecule has 0 atom stereocenters. The van der Waals surface area contributed by atoms with Gasteiger partial charge in [-0.1, -0.05) is 253 Å². The lowest BCUT2D eigenvalue weighted by Crippen LogP contribution is -2.39. The SMILES string of the molecule is CCCCCCCCCN(CCCN1CCCC1)C(=O)C(CCCCCCCCCOC(=O)C(CCCCCC)CCCCCC)CCCCCCCCCOC(=O)C(CCCCCC)CCCCCC. The average Bonchev–Trinajstić information content (AvgIpc) is 3.90. The first-order valence-corrected chi connectivity index (χ1v) is 32.3. The Bertz CT molecular complexity index is 1070. The fraction of sp³-hybridized carbons (Fsp3) is 0.953. The molecule has 420 valence electrons. The molecule has 1 aliphatic rings. The van der Waals surface area contributed by atoms with Crippen LogP contribution >= 0.6 is 0 Å². The van der Waals surface area contributed by atoms with E-state index in [1.54, 1.807) is 0 Å². The first-order chi connectivity index (χ1) is 34.9. The number of hydrogen-bond acceptors (Lipinski definition) is 6. The van der Waals surface area contributed by atoms with E-state index in [-0.39, 0.29) is 29.7 Å². The Balaban J connectivity index is 2.62. The van der Waals surface area contributed by atoms with Gasteiger partial charge in [0.15, 0.2) is 0 Å². The molecule has 7 nitrogen and oxygen atoms in total. The zero-order valence-electron chi connectivity index (χ0n) is 48.6. The minimum Gasteiger partial charge on any atom is -0.465 e. The third kappa shape index (κ3) is 40.4. The number of esters is 2. The van der Waals surface area contributed by atoms with Crippen LogP contribution in [0.3, 0.4) is 0 Å². The molecule has 0 N–H and O–H groups in total. The van der Waals surface area contributed by atoms with Crippen molar-refractivity contribution < 1.29 is 23.9 Å². The van der Waals surface area contributed by atoms with Gasteiger partial charge >= 0.3 is 11.9 Å². The number of nitrogens with zero attached hydrogens (tertiary/aromatic N) is 2. The molecule has 0 bridgehead atoms. The van der Waals surface area contributed by atoms with E-state index in [4.69, 9.17) is 9.47 Å². The highest BCUT2D eigenvalue weighted by molar-refractivity contribution is 5.78. The highest BCUT2D eigenvalue weighted by atomic mass is 16.5. The molecule has 7 heteroatoms. The number of likely N-dealkylation sites (tertiary alicyclic amines) is 1. The van der Waals surface area contributed by atoms with Crippen molar-refractivity contribution >= 4 is 17.8 Å². The fourth-order valence-electron chi connectivity index (χ4n) is 11.1. The molecule has 1 heterocycles. The summed E-state index contributed by atoms with van der Waals surface area (Å²) in [5.41, 5.74) is 0. The molecule has 1 amide bonds. The van der Waals surface area contributed by atoms with Crippen molar-refractivity contribution in [1.82, 2.24) is 9.80 Å². The highest BCUT2D eigenvalue weighted by Gasteiger charge is 2.25. The molecule has 0 aliphatic carbocycles. The molecule has 0 radical (unpaired) electrons. The second-order valence-corrected chi connectivity index (χ2v) is 22.7. The zero-order valence-corrected chi connectivity index (χ0v) is 48.6. The monoisotopic (exact) mass is 1000 g/mol. The van der Waals surface area contributed by atoms with Gasteiger partial charge < -0.3 is 19.3 Å². The number of carbonyl (C=O) groups excluding carboxylic acids is 3. The Morgan fingerprint density at radius 3 is 1.00 bits per heavy atom. The van der Waals surface area contributed by atoms with Gasteiger partial charge in [-0.15, -0.1) is 0 Å². The van der Waals surface area contributed by atoms with Crippen molar-refractivity contribution in [2.75, 3.05) is 45.9 Å². The fourth-order valence-corrected chi connectivity index (χ4v) is 11.1. The van der Waals surface area contributed by atoms with Crippen LogP contribution < -0.4 is 0 Å². The number of carbonyl (C=O) groups is 3. The molecular weight excluding hydrogens is 877 g/mol. The smallest absolute Gasteiger partial charge is 0.308 e. The van der Waals surface area contributed by atoms with Gasteiger partial charge in [0.25, 0.3) is 0 Å². The maximum atomic E-state index is 14.5. The Hall–Kier alpha value is -1.63. The van der Waals surface area contributed by atoms with Gasteiger partial charge in [0.2, 0.25) is 5.91 Å². The number of unbranched alkanes of at least 4 members (excludes halogenated alkanes) is 30. The molecular formula is C64H124N2O5. The number of rotatable bonds is 55. The third-order valence-corrected chi connectivity index (χ3v) is 16.0. The number of ether oxygens (including phenoxy) is 2. The Labute approximate surface area is 443 Å². The van der Waals surface area contributed by atoms with E-state index < -0.39 is 0 Å². The van der Waals surface area contributed by atoms with Crippen LogP contribution in [-0.2, 0) is 23.9 Å². The van der Waals surface area contributed by atoms with Crippen molar-refractivity contribution in [3.8, 4) is 0 Å². The van der Waals surface area contributed by atoms with Crippen LogP contribution in [0.15, 0.2) is 0 Å². The van der Waals surface area contributed by atoms with E-state index in [9.17, 15) is 14.4 Å². The summed E-state index contributed by atoms with van der Waals surface area (Å²) in [6, 6.07) is 0. The van der Waals surface area contributed by atoms with Crippen LogP contribution in [0.5, 0.6) is 0 Å². The summed E-state index contributed by atoms with van der Waals surface area (Å²) in [5.74, 6) is 0.913. The van der Waals surface area contributed by atoms with Gasteiger partial charge in [-0.2, -0.15) is 0 Å². The Morgan fingerprint density at radius 2 is 0.634 bits per heavy atom. The molecule has 1 rings (SSSR count). The summed E-state index contributed by atoms with van der Waals surface area (Å²) in [4.78, 5) is 45.5. The first kappa shape index (κ1) is 67.4. The van der Waals surface area contributed by atoms with Crippen LogP contribution in [0.4, 0.5) is 0 Å². The van der Waals surface area contributed by atoms with Crippen molar-refractivity contribution in [3.63, 3.8) is 0 Å². The van der Waals surface area contributed by atoms with E-state index in [1.165, 1.54) is 193 Å². The van der Waals surface area contributed by atoms with Crippen LogP contribution in [0, 0.1) is 17.8 Å². The summed E-state index contributed by atoms with van der Waals surface area (Å²) in [6.07, 6.45) is 54.5. The molecule has 0 aromatic carbocycles. The van der Waals surface area contributed by atoms with Crippen LogP contribution in [0.25, 0.3) is 0 Å². The lowest BCUT2D eigenvalue weighted by molar-refractivity contribution is -0.150. The van der Waals surface area contributed by atoms with Gasteiger partial charge in [-0.05, 0) is 96.7 Å². The number of hydrogen-bond donors (Lipinski definition) is 0. The minimum absolute atomic E-state index is 0.0607. The molecule has 1 fully saturated rings. The van der Waals surface area contributed by atoms with Gasteiger partial charge in [0.1, 0.15) is 0 Å². The largest absolute Gasteiger partial charge is 0.465 e. The van der Waals surface area contributed by atoms with E-state index in [2.05, 4.69) is 44.4 Å². The van der Waals surface area contributed by atoms with Gasteiger partial charge in [-0.25, -0.2) is 0 Å². The maximum absolute atomic E-state index is 14.5. The molecule has 1 aliphatic heterocycles. The van der Waals surface area contributed by atoms with E-state index in [0.717, 1.165) is 135 Å². The third-order valence-electron chi connectivity index (χ3n) is 16.0. The predicted octanol–water partition coefficient (Wildman–Crippen LogP) is 19.1. The Morgan fingerprint density at radius 1 is 0.352 bits per heavy atom. The van der Waals surface area contributed by atoms with Gasteiger partial charge in [-0.3, -0.25) is 14.4 Å². The molecule has 71 heavy (non-hydrogen) atoms. The van der Waals surface area contributed by atoms with Gasteiger partial charge in [0, 0.05) is 19.0 Å². The maximum Gasteiger partial charge on any atom is 0.308 e. The first-order valence-electron chi connectivity index (χ1n) is 32.3. The normalized spacial score (nSPS) is 13.1. The molecule has 0 aromatic rings. The predicted molar refractivity (Wildman–Crippen MR) is 306 cm³/mol. The Kier molecular flexibility index (Phi) is 49.2. The summed E-state index contributed by atoms with van der Waals surface area (Å²) in [5, 5.41) is 0. The average molecular weight is 1000 g/mol. The topological polar surface area (TPSA) is 76.2 Å². The molecule has 0 spiro atoms. The van der Waals surface area contributed by atoms with E-state index >= 15 is 0 Å². The zero-order chi connectivity index (χ0) is 51.5. The van der Waals surface area contributed by atoms with Crippen molar-refractivity contribution in [1.29, 1.82) is 0 Å². The number of amides is 1. The summed E-state index contributed by atoms with van der Waals surface area (Å²) < 4.78 is 11.7. The van der Waals surface area contributed by atoms with Crippen LogP contribution in [0.1, 0.15) is 330 Å². The molecule has 0 saturated carbocycles. The lowest BCUT2D eigenvalue weighted by atomic mass is 9.92. The molecule has 0 aromatic heterocycles. The van der Waals surface area contributed by atoms with Crippen molar-refractivity contribution in [2.45, 2.75) is 330 Å².